The molecule has 0 amide bonds. The first-order chi connectivity index (χ1) is 9.13. The fourth-order valence-electron chi connectivity index (χ4n) is 2.12. The first kappa shape index (κ1) is 11.7. The Morgan fingerprint density at radius 2 is 1.74 bits per heavy atom. The van der Waals surface area contributed by atoms with Crippen LogP contribution in [0, 0.1) is 12.7 Å². The Balaban J connectivity index is 2.24. The standard InChI is InChI=1S/C16H12FNO/c1-10-2-4-11(5-3-10)15-8-12-6-7-13(17)9-14(12)16(19)18-15/h2-9H,1H3,(H,18,19). The highest BCUT2D eigenvalue weighted by molar-refractivity contribution is 5.85. The maximum atomic E-state index is 13.1. The number of aromatic amines is 1. The minimum Gasteiger partial charge on any atom is -0.321 e. The van der Waals surface area contributed by atoms with Crippen LogP contribution in [-0.4, -0.2) is 4.98 Å². The second-order valence-electron chi connectivity index (χ2n) is 4.61. The van der Waals surface area contributed by atoms with Crippen LogP contribution in [0.4, 0.5) is 4.39 Å². The highest BCUT2D eigenvalue weighted by Gasteiger charge is 2.05. The van der Waals surface area contributed by atoms with Gasteiger partial charge in [0.25, 0.3) is 5.56 Å². The van der Waals surface area contributed by atoms with Crippen molar-refractivity contribution in [2.75, 3.05) is 0 Å². The molecule has 1 heterocycles. The highest BCUT2D eigenvalue weighted by Crippen LogP contribution is 2.20. The lowest BCUT2D eigenvalue weighted by Crippen LogP contribution is -2.07. The molecule has 3 rings (SSSR count). The number of H-pyrrole nitrogens is 1. The Labute approximate surface area is 109 Å². The van der Waals surface area contributed by atoms with E-state index in [1.165, 1.54) is 12.1 Å². The summed E-state index contributed by atoms with van der Waals surface area (Å²) in [7, 11) is 0. The first-order valence-corrected chi connectivity index (χ1v) is 6.03. The van der Waals surface area contributed by atoms with E-state index in [1.54, 1.807) is 6.07 Å². The van der Waals surface area contributed by atoms with Gasteiger partial charge in [0.05, 0.1) is 0 Å². The van der Waals surface area contributed by atoms with Crippen molar-refractivity contribution in [1.29, 1.82) is 0 Å². The molecule has 0 saturated heterocycles. The van der Waals surface area contributed by atoms with E-state index in [4.69, 9.17) is 0 Å². The molecule has 2 nitrogen and oxygen atoms in total. The zero-order valence-electron chi connectivity index (χ0n) is 10.4. The molecule has 0 aliphatic heterocycles. The van der Waals surface area contributed by atoms with Crippen LogP contribution in [0.25, 0.3) is 22.0 Å². The molecule has 0 unspecified atom stereocenters. The SMILES string of the molecule is Cc1ccc(-c2cc3ccc(F)cc3c(=O)[nH]2)cc1. The summed E-state index contributed by atoms with van der Waals surface area (Å²) in [5, 5.41) is 1.11. The summed E-state index contributed by atoms with van der Waals surface area (Å²) in [5.74, 6) is -0.402. The average molecular weight is 253 g/mol. The fraction of sp³-hybridized carbons (Fsp3) is 0.0625. The van der Waals surface area contributed by atoms with Crippen LogP contribution in [0.15, 0.2) is 53.3 Å². The highest BCUT2D eigenvalue weighted by atomic mass is 19.1. The van der Waals surface area contributed by atoms with Gasteiger partial charge < -0.3 is 4.98 Å². The number of aryl methyl sites for hydroxylation is 1. The lowest BCUT2D eigenvalue weighted by atomic mass is 10.1. The number of rotatable bonds is 1. The predicted octanol–water partition coefficient (Wildman–Crippen LogP) is 3.64. The molecule has 0 bridgehead atoms. The number of hydrogen-bond acceptors (Lipinski definition) is 1. The molecular weight excluding hydrogens is 241 g/mol. The summed E-state index contributed by atoms with van der Waals surface area (Å²) in [4.78, 5) is 14.8. The van der Waals surface area contributed by atoms with Crippen molar-refractivity contribution < 1.29 is 4.39 Å². The smallest absolute Gasteiger partial charge is 0.256 e. The van der Waals surface area contributed by atoms with E-state index in [2.05, 4.69) is 4.98 Å². The number of halogens is 1. The quantitative estimate of drug-likeness (QED) is 0.705. The van der Waals surface area contributed by atoms with Crippen molar-refractivity contribution in [3.8, 4) is 11.3 Å². The maximum absolute atomic E-state index is 13.1. The van der Waals surface area contributed by atoms with E-state index >= 15 is 0 Å². The molecule has 19 heavy (non-hydrogen) atoms. The zero-order valence-corrected chi connectivity index (χ0v) is 10.4. The zero-order chi connectivity index (χ0) is 13.4. The minimum absolute atomic E-state index is 0.271. The van der Waals surface area contributed by atoms with Crippen molar-refractivity contribution in [3.63, 3.8) is 0 Å². The van der Waals surface area contributed by atoms with E-state index in [0.717, 1.165) is 22.2 Å². The molecular formula is C16H12FNO. The normalized spacial score (nSPS) is 10.8. The Bertz CT molecular complexity index is 803. The van der Waals surface area contributed by atoms with Gasteiger partial charge in [0.15, 0.2) is 0 Å². The summed E-state index contributed by atoms with van der Waals surface area (Å²) in [6.45, 7) is 2.01. The minimum atomic E-state index is -0.402. The van der Waals surface area contributed by atoms with Crippen LogP contribution >= 0.6 is 0 Å². The number of benzene rings is 2. The van der Waals surface area contributed by atoms with Gasteiger partial charge in [0.2, 0.25) is 0 Å². The van der Waals surface area contributed by atoms with Crippen LogP contribution in [-0.2, 0) is 0 Å². The topological polar surface area (TPSA) is 32.9 Å². The second kappa shape index (κ2) is 4.35. The number of pyridine rings is 1. The van der Waals surface area contributed by atoms with E-state index in [-0.39, 0.29) is 5.56 Å². The Kier molecular flexibility index (Phi) is 2.67. The van der Waals surface area contributed by atoms with Crippen LogP contribution in [0.5, 0.6) is 0 Å². The Morgan fingerprint density at radius 1 is 1.00 bits per heavy atom. The third-order valence-corrected chi connectivity index (χ3v) is 3.17. The van der Waals surface area contributed by atoms with E-state index < -0.39 is 5.82 Å². The Hall–Kier alpha value is -2.42. The number of nitrogens with one attached hydrogen (secondary N) is 1. The van der Waals surface area contributed by atoms with Crippen molar-refractivity contribution >= 4 is 10.8 Å². The molecule has 3 heteroatoms. The molecule has 0 aliphatic carbocycles. The van der Waals surface area contributed by atoms with Crippen molar-refractivity contribution in [2.24, 2.45) is 0 Å². The molecule has 1 N–H and O–H groups in total. The molecule has 1 aromatic heterocycles. The van der Waals surface area contributed by atoms with E-state index in [1.807, 2.05) is 37.3 Å². The monoisotopic (exact) mass is 253 g/mol. The third kappa shape index (κ3) is 2.15. The molecule has 3 aromatic rings. The van der Waals surface area contributed by atoms with E-state index in [0.29, 0.717) is 5.39 Å². The lowest BCUT2D eigenvalue weighted by molar-refractivity contribution is 0.629. The van der Waals surface area contributed by atoms with Gasteiger partial charge in [-0.05, 0) is 36.1 Å². The van der Waals surface area contributed by atoms with Crippen LogP contribution in [0.1, 0.15) is 5.56 Å². The van der Waals surface area contributed by atoms with Gasteiger partial charge in [0, 0.05) is 11.1 Å². The maximum Gasteiger partial charge on any atom is 0.256 e. The molecule has 94 valence electrons. The lowest BCUT2D eigenvalue weighted by Gasteiger charge is -2.04. The van der Waals surface area contributed by atoms with Gasteiger partial charge in [-0.15, -0.1) is 0 Å². The predicted molar refractivity (Wildman–Crippen MR) is 74.7 cm³/mol. The molecule has 0 aliphatic rings. The van der Waals surface area contributed by atoms with Gasteiger partial charge in [-0.3, -0.25) is 4.79 Å². The average Bonchev–Trinajstić information content (AvgIpc) is 2.40. The Morgan fingerprint density at radius 3 is 2.47 bits per heavy atom. The number of hydrogen-bond donors (Lipinski definition) is 1. The van der Waals surface area contributed by atoms with Crippen molar-refractivity contribution in [3.05, 3.63) is 70.3 Å². The summed E-state index contributed by atoms with van der Waals surface area (Å²) in [5.41, 5.74) is 2.57. The van der Waals surface area contributed by atoms with Gasteiger partial charge in [-0.25, -0.2) is 4.39 Å². The molecule has 0 atom stereocenters. The second-order valence-corrected chi connectivity index (χ2v) is 4.61. The molecule has 0 spiro atoms. The van der Waals surface area contributed by atoms with Crippen molar-refractivity contribution in [1.82, 2.24) is 4.98 Å². The van der Waals surface area contributed by atoms with Gasteiger partial charge in [-0.1, -0.05) is 35.9 Å². The third-order valence-electron chi connectivity index (χ3n) is 3.17. The van der Waals surface area contributed by atoms with Gasteiger partial charge in [-0.2, -0.15) is 0 Å². The molecule has 2 aromatic carbocycles. The summed E-state index contributed by atoms with van der Waals surface area (Å²) < 4.78 is 13.1. The summed E-state index contributed by atoms with van der Waals surface area (Å²) in [6, 6.07) is 14.0. The van der Waals surface area contributed by atoms with Gasteiger partial charge >= 0.3 is 0 Å². The largest absolute Gasteiger partial charge is 0.321 e. The molecule has 0 saturated carbocycles. The van der Waals surface area contributed by atoms with E-state index in [9.17, 15) is 9.18 Å². The number of aromatic nitrogens is 1. The fourth-order valence-corrected chi connectivity index (χ4v) is 2.12. The summed E-state index contributed by atoms with van der Waals surface area (Å²) in [6.07, 6.45) is 0. The van der Waals surface area contributed by atoms with Crippen LogP contribution in [0.3, 0.4) is 0 Å². The van der Waals surface area contributed by atoms with Crippen LogP contribution < -0.4 is 5.56 Å². The number of fused-ring (bicyclic) bond motifs is 1. The van der Waals surface area contributed by atoms with Crippen LogP contribution in [0.2, 0.25) is 0 Å². The van der Waals surface area contributed by atoms with Crippen molar-refractivity contribution in [2.45, 2.75) is 6.92 Å². The molecule has 0 fully saturated rings. The summed E-state index contributed by atoms with van der Waals surface area (Å²) >= 11 is 0. The first-order valence-electron chi connectivity index (χ1n) is 6.03. The molecule has 0 radical (unpaired) electrons. The van der Waals surface area contributed by atoms with Gasteiger partial charge in [0.1, 0.15) is 5.82 Å².